The van der Waals surface area contributed by atoms with E-state index in [1.807, 2.05) is 6.07 Å². The fraction of sp³-hybridized carbons (Fsp3) is 0.625. The highest BCUT2D eigenvalue weighted by atomic mass is 35.5. The quantitative estimate of drug-likeness (QED) is 0.910. The predicted octanol–water partition coefficient (Wildman–Crippen LogP) is 3.99. The number of rotatable bonds is 4. The minimum absolute atomic E-state index is 0.0948. The molecule has 0 saturated carbocycles. The molecule has 1 heterocycles. The molecule has 112 valence electrons. The third-order valence-electron chi connectivity index (χ3n) is 4.45. The zero-order valence-electron chi connectivity index (χ0n) is 12.1. The van der Waals surface area contributed by atoms with Crippen LogP contribution in [0.1, 0.15) is 44.2 Å². The second-order valence-corrected chi connectivity index (χ2v) is 6.07. The average Bonchev–Trinajstić information content (AvgIpc) is 2.69. The third kappa shape index (κ3) is 3.72. The van der Waals surface area contributed by atoms with E-state index in [0.717, 1.165) is 24.6 Å². The maximum absolute atomic E-state index is 13.6. The van der Waals surface area contributed by atoms with Gasteiger partial charge in [0.2, 0.25) is 0 Å². The molecular formula is C16H24ClFN2. The van der Waals surface area contributed by atoms with Gasteiger partial charge in [0.1, 0.15) is 5.82 Å². The van der Waals surface area contributed by atoms with Gasteiger partial charge in [-0.25, -0.2) is 4.39 Å². The van der Waals surface area contributed by atoms with Gasteiger partial charge in [-0.2, -0.15) is 0 Å². The first-order chi connectivity index (χ1) is 9.65. The molecule has 20 heavy (non-hydrogen) atoms. The predicted molar refractivity (Wildman–Crippen MR) is 82.4 cm³/mol. The van der Waals surface area contributed by atoms with Gasteiger partial charge in [-0.05, 0) is 56.0 Å². The topological polar surface area (TPSA) is 29.3 Å². The lowest BCUT2D eigenvalue weighted by atomic mass is 9.98. The SMILES string of the molecule is CCC1CCCN(C(CN)c2ccc(Cl)c(F)c2)CC1. The molecule has 1 aromatic carbocycles. The molecule has 0 aliphatic carbocycles. The Hall–Kier alpha value is -0.640. The van der Waals surface area contributed by atoms with E-state index in [1.54, 1.807) is 6.07 Å². The molecular weight excluding hydrogens is 275 g/mol. The number of nitrogens with zero attached hydrogens (tertiary/aromatic N) is 1. The van der Waals surface area contributed by atoms with Crippen molar-refractivity contribution in [3.05, 3.63) is 34.6 Å². The highest BCUT2D eigenvalue weighted by Gasteiger charge is 2.23. The molecule has 2 unspecified atom stereocenters. The molecule has 0 spiro atoms. The van der Waals surface area contributed by atoms with Gasteiger partial charge in [-0.15, -0.1) is 0 Å². The number of nitrogens with two attached hydrogens (primary N) is 1. The summed E-state index contributed by atoms with van der Waals surface area (Å²) < 4.78 is 13.6. The molecule has 0 amide bonds. The van der Waals surface area contributed by atoms with Crippen LogP contribution < -0.4 is 5.73 Å². The van der Waals surface area contributed by atoms with E-state index in [1.165, 1.54) is 31.7 Å². The Morgan fingerprint density at radius 3 is 2.85 bits per heavy atom. The standard InChI is InChI=1S/C16H24ClFN2/c1-2-12-4-3-8-20(9-7-12)16(11-19)13-5-6-14(17)15(18)10-13/h5-6,10,12,16H,2-4,7-9,11,19H2,1H3. The van der Waals surface area contributed by atoms with Crippen molar-refractivity contribution in [3.8, 4) is 0 Å². The van der Waals surface area contributed by atoms with Crippen molar-refractivity contribution in [2.24, 2.45) is 11.7 Å². The van der Waals surface area contributed by atoms with E-state index in [-0.39, 0.29) is 16.9 Å². The fourth-order valence-electron chi connectivity index (χ4n) is 3.12. The molecule has 0 bridgehead atoms. The summed E-state index contributed by atoms with van der Waals surface area (Å²) in [5, 5.41) is 0.173. The lowest BCUT2D eigenvalue weighted by molar-refractivity contribution is 0.206. The Balaban J connectivity index is 2.12. The van der Waals surface area contributed by atoms with Gasteiger partial charge < -0.3 is 5.73 Å². The van der Waals surface area contributed by atoms with Crippen molar-refractivity contribution in [3.63, 3.8) is 0 Å². The van der Waals surface area contributed by atoms with Crippen LogP contribution in [0.25, 0.3) is 0 Å². The summed E-state index contributed by atoms with van der Waals surface area (Å²) in [6, 6.07) is 5.15. The summed E-state index contributed by atoms with van der Waals surface area (Å²) in [7, 11) is 0. The zero-order valence-corrected chi connectivity index (χ0v) is 12.9. The number of likely N-dealkylation sites (tertiary alicyclic amines) is 1. The molecule has 0 aromatic heterocycles. The van der Waals surface area contributed by atoms with E-state index in [9.17, 15) is 4.39 Å². The Morgan fingerprint density at radius 1 is 1.40 bits per heavy atom. The molecule has 1 saturated heterocycles. The Labute approximate surface area is 126 Å². The lowest BCUT2D eigenvalue weighted by Gasteiger charge is -2.30. The van der Waals surface area contributed by atoms with E-state index < -0.39 is 0 Å². The summed E-state index contributed by atoms with van der Waals surface area (Å²) >= 11 is 5.76. The van der Waals surface area contributed by atoms with Crippen LogP contribution in [0.4, 0.5) is 4.39 Å². The largest absolute Gasteiger partial charge is 0.329 e. The van der Waals surface area contributed by atoms with Crippen molar-refractivity contribution >= 4 is 11.6 Å². The van der Waals surface area contributed by atoms with Gasteiger partial charge in [0.05, 0.1) is 5.02 Å². The maximum atomic E-state index is 13.6. The van der Waals surface area contributed by atoms with Crippen molar-refractivity contribution < 1.29 is 4.39 Å². The van der Waals surface area contributed by atoms with Crippen LogP contribution in [-0.4, -0.2) is 24.5 Å². The van der Waals surface area contributed by atoms with Gasteiger partial charge >= 0.3 is 0 Å². The molecule has 4 heteroatoms. The van der Waals surface area contributed by atoms with E-state index >= 15 is 0 Å². The molecule has 1 aromatic rings. The second kappa shape index (κ2) is 7.39. The molecule has 2 nitrogen and oxygen atoms in total. The average molecular weight is 299 g/mol. The van der Waals surface area contributed by atoms with Gasteiger partial charge in [0.25, 0.3) is 0 Å². The number of hydrogen-bond acceptors (Lipinski definition) is 2. The Morgan fingerprint density at radius 2 is 2.20 bits per heavy atom. The number of hydrogen-bond donors (Lipinski definition) is 1. The summed E-state index contributed by atoms with van der Waals surface area (Å²) in [6.07, 6.45) is 4.95. The maximum Gasteiger partial charge on any atom is 0.142 e. The van der Waals surface area contributed by atoms with Crippen LogP contribution in [0.3, 0.4) is 0 Å². The molecule has 2 atom stereocenters. The summed E-state index contributed by atoms with van der Waals surface area (Å²) in [6.45, 7) is 4.86. The molecule has 2 N–H and O–H groups in total. The van der Waals surface area contributed by atoms with Crippen molar-refractivity contribution in [1.82, 2.24) is 4.90 Å². The minimum Gasteiger partial charge on any atom is -0.329 e. The summed E-state index contributed by atoms with van der Waals surface area (Å²) in [5.74, 6) is 0.462. The molecule has 0 radical (unpaired) electrons. The van der Waals surface area contributed by atoms with Crippen LogP contribution in [0.2, 0.25) is 5.02 Å². The van der Waals surface area contributed by atoms with Crippen LogP contribution in [0, 0.1) is 11.7 Å². The third-order valence-corrected chi connectivity index (χ3v) is 4.76. The lowest BCUT2D eigenvalue weighted by Crippen LogP contribution is -2.34. The van der Waals surface area contributed by atoms with Crippen molar-refractivity contribution in [2.75, 3.05) is 19.6 Å². The first kappa shape index (κ1) is 15.7. The Bertz CT molecular complexity index is 438. The first-order valence-corrected chi connectivity index (χ1v) is 7.92. The smallest absolute Gasteiger partial charge is 0.142 e. The highest BCUT2D eigenvalue weighted by molar-refractivity contribution is 6.30. The first-order valence-electron chi connectivity index (χ1n) is 7.54. The minimum atomic E-state index is -0.358. The van der Waals surface area contributed by atoms with E-state index in [0.29, 0.717) is 6.54 Å². The van der Waals surface area contributed by atoms with Crippen LogP contribution in [0.5, 0.6) is 0 Å². The monoisotopic (exact) mass is 298 g/mol. The molecule has 2 rings (SSSR count). The fourth-order valence-corrected chi connectivity index (χ4v) is 3.24. The van der Waals surface area contributed by atoms with Gasteiger partial charge in [-0.1, -0.05) is 31.0 Å². The molecule has 1 fully saturated rings. The summed E-state index contributed by atoms with van der Waals surface area (Å²) in [5.41, 5.74) is 6.88. The van der Waals surface area contributed by atoms with Gasteiger partial charge in [-0.3, -0.25) is 4.90 Å². The van der Waals surface area contributed by atoms with E-state index in [4.69, 9.17) is 17.3 Å². The van der Waals surface area contributed by atoms with Crippen LogP contribution in [-0.2, 0) is 0 Å². The van der Waals surface area contributed by atoms with Crippen LogP contribution >= 0.6 is 11.6 Å². The van der Waals surface area contributed by atoms with Crippen molar-refractivity contribution in [1.29, 1.82) is 0 Å². The molecule has 1 aliphatic rings. The second-order valence-electron chi connectivity index (χ2n) is 5.67. The van der Waals surface area contributed by atoms with Gasteiger partial charge in [0.15, 0.2) is 0 Å². The van der Waals surface area contributed by atoms with Crippen molar-refractivity contribution in [2.45, 2.75) is 38.6 Å². The van der Waals surface area contributed by atoms with Gasteiger partial charge in [0, 0.05) is 12.6 Å². The Kier molecular flexibility index (Phi) is 5.82. The number of benzene rings is 1. The van der Waals surface area contributed by atoms with E-state index in [2.05, 4.69) is 11.8 Å². The summed E-state index contributed by atoms with van der Waals surface area (Å²) in [4.78, 5) is 2.40. The zero-order chi connectivity index (χ0) is 14.5. The van der Waals surface area contributed by atoms with Crippen LogP contribution in [0.15, 0.2) is 18.2 Å². The normalized spacial score (nSPS) is 22.5. The highest BCUT2D eigenvalue weighted by Crippen LogP contribution is 2.28. The number of halogens is 2. The molecule has 1 aliphatic heterocycles.